The molecule has 10 heavy (non-hydrogen) atoms. The Morgan fingerprint density at radius 1 is 1.10 bits per heavy atom. The Balaban J connectivity index is 2.97. The van der Waals surface area contributed by atoms with Gasteiger partial charge in [-0.05, 0) is 0 Å². The van der Waals surface area contributed by atoms with Gasteiger partial charge < -0.3 is 0 Å². The van der Waals surface area contributed by atoms with Crippen molar-refractivity contribution in [3.8, 4) is 0 Å². The van der Waals surface area contributed by atoms with Crippen LogP contribution in [0.5, 0.6) is 0 Å². The standard InChI is InChI=1S/C6H8Cl2NP/c7-10(8,9)6-4-2-1-3-5-6/h1-5,10H,9H2. The van der Waals surface area contributed by atoms with Crippen molar-refractivity contribution in [1.29, 1.82) is 0 Å². The second kappa shape index (κ2) is 3.06. The van der Waals surface area contributed by atoms with Crippen LogP contribution in [0.15, 0.2) is 30.3 Å². The second-order valence-electron chi connectivity index (χ2n) is 1.99. The molecule has 0 amide bonds. The van der Waals surface area contributed by atoms with Crippen LogP contribution in [-0.4, -0.2) is 0 Å². The second-order valence-corrected chi connectivity index (χ2v) is 7.97. The summed E-state index contributed by atoms with van der Waals surface area (Å²) in [5.41, 5.74) is 5.53. The molecule has 0 aliphatic rings. The number of rotatable bonds is 1. The van der Waals surface area contributed by atoms with E-state index in [0.29, 0.717) is 0 Å². The number of nitrogens with two attached hydrogens (primary N) is 1. The average Bonchev–Trinajstić information content (AvgIpc) is 1.88. The molecule has 0 bridgehead atoms. The summed E-state index contributed by atoms with van der Waals surface area (Å²) in [5, 5.41) is 0.846. The Labute approximate surface area is 70.1 Å². The van der Waals surface area contributed by atoms with Crippen molar-refractivity contribution in [2.75, 3.05) is 0 Å². The summed E-state index contributed by atoms with van der Waals surface area (Å²) in [6, 6.07) is 9.32. The molecule has 0 spiro atoms. The van der Waals surface area contributed by atoms with Gasteiger partial charge in [0.15, 0.2) is 0 Å². The van der Waals surface area contributed by atoms with Crippen molar-refractivity contribution in [3.63, 3.8) is 0 Å². The monoisotopic (exact) mass is 195 g/mol. The molecule has 1 aromatic rings. The molecular formula is C6H8Cl2NP. The molecular weight excluding hydrogens is 188 g/mol. The fourth-order valence-corrected chi connectivity index (χ4v) is 2.05. The molecule has 0 aromatic heterocycles. The fourth-order valence-electron chi connectivity index (χ4n) is 0.660. The van der Waals surface area contributed by atoms with Crippen LogP contribution >= 0.6 is 28.6 Å². The minimum absolute atomic E-state index is 0.846. The molecule has 56 valence electrons. The van der Waals surface area contributed by atoms with E-state index in [4.69, 9.17) is 28.0 Å². The quantitative estimate of drug-likeness (QED) is 0.684. The van der Waals surface area contributed by atoms with Gasteiger partial charge in [0.2, 0.25) is 0 Å². The maximum atomic E-state index is 5.74. The summed E-state index contributed by atoms with van der Waals surface area (Å²) < 4.78 is 0. The molecule has 0 fully saturated rings. The predicted molar refractivity (Wildman–Crippen MR) is 50.3 cm³/mol. The third-order valence-electron chi connectivity index (χ3n) is 1.16. The van der Waals surface area contributed by atoms with E-state index in [1.54, 1.807) is 0 Å². The van der Waals surface area contributed by atoms with E-state index in [-0.39, 0.29) is 0 Å². The topological polar surface area (TPSA) is 26.0 Å². The van der Waals surface area contributed by atoms with Crippen molar-refractivity contribution in [3.05, 3.63) is 30.3 Å². The van der Waals surface area contributed by atoms with Crippen LogP contribution in [-0.2, 0) is 0 Å². The number of benzene rings is 1. The van der Waals surface area contributed by atoms with Crippen LogP contribution in [0, 0.1) is 0 Å². The Morgan fingerprint density at radius 3 is 1.90 bits per heavy atom. The first-order chi connectivity index (χ1) is 4.61. The molecule has 0 aliphatic heterocycles. The summed E-state index contributed by atoms with van der Waals surface area (Å²) in [6.45, 7) is 0. The number of hydrogen-bond donors (Lipinski definition) is 1. The van der Waals surface area contributed by atoms with Gasteiger partial charge in [0.1, 0.15) is 0 Å². The molecule has 0 radical (unpaired) electrons. The molecule has 0 aliphatic carbocycles. The summed E-state index contributed by atoms with van der Waals surface area (Å²) in [6.07, 6.45) is -2.59. The summed E-state index contributed by atoms with van der Waals surface area (Å²) in [5.74, 6) is 0. The molecule has 0 unspecified atom stereocenters. The number of halogens is 2. The van der Waals surface area contributed by atoms with Gasteiger partial charge in [-0.2, -0.15) is 0 Å². The zero-order valence-corrected chi connectivity index (χ0v) is 7.73. The maximum absolute atomic E-state index is 5.74. The van der Waals surface area contributed by atoms with E-state index in [1.807, 2.05) is 30.3 Å². The summed E-state index contributed by atoms with van der Waals surface area (Å²) >= 11 is 11.5. The molecule has 0 heterocycles. The summed E-state index contributed by atoms with van der Waals surface area (Å²) in [4.78, 5) is 0. The van der Waals surface area contributed by atoms with Crippen LogP contribution in [0.1, 0.15) is 0 Å². The first kappa shape index (κ1) is 8.29. The Kier molecular flexibility index (Phi) is 2.54. The van der Waals surface area contributed by atoms with E-state index in [0.717, 1.165) is 5.30 Å². The van der Waals surface area contributed by atoms with E-state index in [1.165, 1.54) is 0 Å². The van der Waals surface area contributed by atoms with Crippen molar-refractivity contribution < 1.29 is 0 Å². The van der Waals surface area contributed by atoms with Gasteiger partial charge in [-0.3, -0.25) is 0 Å². The van der Waals surface area contributed by atoms with Gasteiger partial charge >= 0.3 is 69.7 Å². The zero-order valence-electron chi connectivity index (χ0n) is 5.22. The average molecular weight is 196 g/mol. The van der Waals surface area contributed by atoms with Crippen LogP contribution in [0.3, 0.4) is 0 Å². The molecule has 2 N–H and O–H groups in total. The Morgan fingerprint density at radius 2 is 1.60 bits per heavy atom. The van der Waals surface area contributed by atoms with Crippen LogP contribution < -0.4 is 10.8 Å². The third-order valence-corrected chi connectivity index (χ3v) is 3.57. The number of hydrogen-bond acceptors (Lipinski definition) is 1. The van der Waals surface area contributed by atoms with Crippen molar-refractivity contribution in [2.45, 2.75) is 0 Å². The van der Waals surface area contributed by atoms with Crippen molar-refractivity contribution >= 4 is 33.9 Å². The first-order valence-corrected chi connectivity index (χ1v) is 6.93. The van der Waals surface area contributed by atoms with E-state index in [9.17, 15) is 0 Å². The molecule has 4 heteroatoms. The van der Waals surface area contributed by atoms with Gasteiger partial charge in [0, 0.05) is 0 Å². The molecule has 1 nitrogen and oxygen atoms in total. The van der Waals surface area contributed by atoms with Crippen molar-refractivity contribution in [2.24, 2.45) is 5.50 Å². The van der Waals surface area contributed by atoms with Crippen molar-refractivity contribution in [1.82, 2.24) is 0 Å². The summed E-state index contributed by atoms with van der Waals surface area (Å²) in [7, 11) is 0. The Bertz CT molecular complexity index is 207. The van der Waals surface area contributed by atoms with Gasteiger partial charge in [-0.1, -0.05) is 0 Å². The first-order valence-electron chi connectivity index (χ1n) is 2.83. The molecule has 0 atom stereocenters. The third kappa shape index (κ3) is 2.10. The van der Waals surface area contributed by atoms with Crippen LogP contribution in [0.4, 0.5) is 0 Å². The van der Waals surface area contributed by atoms with Crippen LogP contribution in [0.2, 0.25) is 0 Å². The zero-order chi connectivity index (χ0) is 7.61. The SMILES string of the molecule is N[PH](Cl)(Cl)c1ccccc1. The van der Waals surface area contributed by atoms with Gasteiger partial charge in [-0.25, -0.2) is 0 Å². The molecule has 0 saturated heterocycles. The predicted octanol–water partition coefficient (Wildman–Crippen LogP) is 2.24. The van der Waals surface area contributed by atoms with Gasteiger partial charge in [0.25, 0.3) is 0 Å². The van der Waals surface area contributed by atoms with E-state index >= 15 is 0 Å². The Hall–Kier alpha value is 0.190. The molecule has 1 aromatic carbocycles. The van der Waals surface area contributed by atoms with E-state index < -0.39 is 6.12 Å². The van der Waals surface area contributed by atoms with Crippen LogP contribution in [0.25, 0.3) is 0 Å². The van der Waals surface area contributed by atoms with Gasteiger partial charge in [-0.15, -0.1) is 0 Å². The minimum atomic E-state index is -2.59. The molecule has 1 rings (SSSR count). The molecule has 0 saturated carbocycles. The van der Waals surface area contributed by atoms with E-state index in [2.05, 4.69) is 0 Å². The van der Waals surface area contributed by atoms with Gasteiger partial charge in [0.05, 0.1) is 0 Å². The fraction of sp³-hybridized carbons (Fsp3) is 0. The normalized spacial score (nSPS) is 13.1.